The third kappa shape index (κ3) is 3.39. The molecule has 2 aromatic carbocycles. The smallest absolute Gasteiger partial charge is 0.227 e. The van der Waals surface area contributed by atoms with E-state index in [9.17, 15) is 9.59 Å². The summed E-state index contributed by atoms with van der Waals surface area (Å²) in [5.41, 5.74) is 1.64. The maximum atomic E-state index is 13.0. The van der Waals surface area contributed by atoms with Crippen LogP contribution < -0.4 is 4.74 Å². The third-order valence-electron chi connectivity index (χ3n) is 6.97. The molecule has 3 aliphatic heterocycles. The van der Waals surface area contributed by atoms with Crippen LogP contribution in [0.2, 0.25) is 0 Å². The van der Waals surface area contributed by atoms with Crippen molar-refractivity contribution in [1.29, 1.82) is 0 Å². The highest BCUT2D eigenvalue weighted by molar-refractivity contribution is 5.85. The van der Waals surface area contributed by atoms with Crippen molar-refractivity contribution >= 4 is 11.8 Å². The molecule has 3 fully saturated rings. The molecule has 0 aliphatic carbocycles. The summed E-state index contributed by atoms with van der Waals surface area (Å²) in [5.74, 6) is 1.05. The van der Waals surface area contributed by atoms with Crippen molar-refractivity contribution in [3.05, 3.63) is 65.7 Å². The van der Waals surface area contributed by atoms with E-state index >= 15 is 0 Å². The number of ether oxygens (including phenoxy) is 2. The van der Waals surface area contributed by atoms with Gasteiger partial charge in [-0.25, -0.2) is 0 Å². The molecule has 3 aliphatic rings. The molecule has 6 heteroatoms. The number of methoxy groups -OCH3 is 1. The Balaban J connectivity index is 1.24. The zero-order valence-corrected chi connectivity index (χ0v) is 17.8. The van der Waals surface area contributed by atoms with Gasteiger partial charge in [-0.05, 0) is 36.1 Å². The number of carbonyl (C=O) groups excluding carboxylic acids is 2. The normalized spacial score (nSPS) is 26.8. The van der Waals surface area contributed by atoms with Crippen LogP contribution in [0.4, 0.5) is 0 Å². The molecular formula is C25H28N2O4. The largest absolute Gasteiger partial charge is 0.497 e. The van der Waals surface area contributed by atoms with Crippen molar-refractivity contribution in [3.63, 3.8) is 0 Å². The van der Waals surface area contributed by atoms with E-state index in [1.807, 2.05) is 64.4 Å². The van der Waals surface area contributed by atoms with Crippen molar-refractivity contribution in [2.75, 3.05) is 20.3 Å². The average molecular weight is 421 g/mol. The lowest BCUT2D eigenvalue weighted by Crippen LogP contribution is -2.49. The maximum Gasteiger partial charge on any atom is 0.227 e. The quantitative estimate of drug-likeness (QED) is 0.719. The highest BCUT2D eigenvalue weighted by Gasteiger charge is 2.65. The number of nitrogens with zero attached hydrogens (tertiary/aromatic N) is 2. The average Bonchev–Trinajstić information content (AvgIpc) is 3.43. The van der Waals surface area contributed by atoms with Crippen molar-refractivity contribution in [1.82, 2.24) is 9.80 Å². The number of aryl methyl sites for hydroxylation is 1. The molecule has 0 bridgehead atoms. The zero-order chi connectivity index (χ0) is 21.4. The number of carbonyl (C=O) groups is 2. The van der Waals surface area contributed by atoms with E-state index in [4.69, 9.17) is 9.47 Å². The second-order valence-electron chi connectivity index (χ2n) is 8.60. The molecule has 0 unspecified atom stereocenters. The lowest BCUT2D eigenvalue weighted by atomic mass is 10.0. The first kappa shape index (κ1) is 20.1. The predicted octanol–water partition coefficient (Wildman–Crippen LogP) is 3.32. The summed E-state index contributed by atoms with van der Waals surface area (Å²) in [5, 5.41) is 0. The monoisotopic (exact) mass is 420 g/mol. The van der Waals surface area contributed by atoms with Crippen LogP contribution in [-0.4, -0.2) is 53.6 Å². The van der Waals surface area contributed by atoms with E-state index in [0.717, 1.165) is 24.2 Å². The van der Waals surface area contributed by atoms with Crippen molar-refractivity contribution < 1.29 is 19.1 Å². The Morgan fingerprint density at radius 1 is 1.16 bits per heavy atom. The fraction of sp³-hybridized carbons (Fsp3) is 0.440. The molecule has 1 spiro atoms. The Morgan fingerprint density at radius 2 is 1.94 bits per heavy atom. The predicted molar refractivity (Wildman–Crippen MR) is 115 cm³/mol. The Morgan fingerprint density at radius 3 is 2.68 bits per heavy atom. The number of hydrogen-bond donors (Lipinski definition) is 0. The fourth-order valence-corrected chi connectivity index (χ4v) is 5.44. The minimum absolute atomic E-state index is 0.0659. The number of benzene rings is 2. The first-order chi connectivity index (χ1) is 15.1. The van der Waals surface area contributed by atoms with E-state index in [1.54, 1.807) is 7.11 Å². The number of likely N-dealkylation sites (tertiary alicyclic amines) is 1. The summed E-state index contributed by atoms with van der Waals surface area (Å²) in [6, 6.07) is 17.8. The van der Waals surface area contributed by atoms with Gasteiger partial charge in [-0.3, -0.25) is 9.59 Å². The van der Waals surface area contributed by atoms with Crippen molar-refractivity contribution in [2.45, 2.75) is 49.9 Å². The molecule has 3 atom stereocenters. The van der Waals surface area contributed by atoms with Gasteiger partial charge in [-0.1, -0.05) is 42.5 Å². The molecule has 0 N–H and O–H groups in total. The van der Waals surface area contributed by atoms with Crippen molar-refractivity contribution in [2.24, 2.45) is 0 Å². The van der Waals surface area contributed by atoms with Gasteiger partial charge in [0, 0.05) is 19.4 Å². The highest BCUT2D eigenvalue weighted by atomic mass is 16.5. The van der Waals surface area contributed by atoms with Crippen LogP contribution in [0.15, 0.2) is 54.6 Å². The van der Waals surface area contributed by atoms with E-state index in [-0.39, 0.29) is 23.9 Å². The molecule has 6 nitrogen and oxygen atoms in total. The SMILES string of the molecule is COc1ccc(CCCC(=O)N2CC[C@@]34OC[C@@H](c5ccccc5)N3C(=O)C[C@@H]24)cc1. The summed E-state index contributed by atoms with van der Waals surface area (Å²) in [4.78, 5) is 29.8. The van der Waals surface area contributed by atoms with Crippen LogP contribution in [0.3, 0.4) is 0 Å². The highest BCUT2D eigenvalue weighted by Crippen LogP contribution is 2.51. The van der Waals surface area contributed by atoms with E-state index < -0.39 is 5.72 Å². The summed E-state index contributed by atoms with van der Waals surface area (Å²) in [7, 11) is 1.65. The molecule has 3 heterocycles. The van der Waals surface area contributed by atoms with Gasteiger partial charge in [0.05, 0.1) is 32.2 Å². The first-order valence-corrected chi connectivity index (χ1v) is 11.1. The van der Waals surface area contributed by atoms with Crippen LogP contribution in [0.5, 0.6) is 5.75 Å². The fourth-order valence-electron chi connectivity index (χ4n) is 5.44. The lowest BCUT2D eigenvalue weighted by molar-refractivity contribution is -0.141. The van der Waals surface area contributed by atoms with Gasteiger partial charge >= 0.3 is 0 Å². The standard InChI is InChI=1S/C25H28N2O4/c1-30-20-12-10-18(11-13-20)6-5-9-23(28)26-15-14-25-22(26)16-24(29)27(25)21(17-31-25)19-7-3-2-4-8-19/h2-4,7-8,10-13,21-22H,5-6,9,14-17H2,1H3/t21-,22+,25-/m0/s1. The van der Waals surface area contributed by atoms with Crippen LogP contribution in [-0.2, 0) is 20.7 Å². The van der Waals surface area contributed by atoms with Gasteiger partial charge in [0.1, 0.15) is 5.75 Å². The number of rotatable bonds is 6. The molecule has 3 saturated heterocycles. The van der Waals surface area contributed by atoms with Crippen LogP contribution in [0, 0.1) is 0 Å². The summed E-state index contributed by atoms with van der Waals surface area (Å²) in [6.45, 7) is 1.14. The van der Waals surface area contributed by atoms with Gasteiger partial charge in [0.25, 0.3) is 0 Å². The van der Waals surface area contributed by atoms with Gasteiger partial charge in [-0.15, -0.1) is 0 Å². The molecule has 0 saturated carbocycles. The van der Waals surface area contributed by atoms with Gasteiger partial charge in [0.15, 0.2) is 5.72 Å². The third-order valence-corrected chi connectivity index (χ3v) is 6.97. The van der Waals surface area contributed by atoms with Gasteiger partial charge < -0.3 is 19.3 Å². The summed E-state index contributed by atoms with van der Waals surface area (Å²) < 4.78 is 11.5. The molecular weight excluding hydrogens is 392 g/mol. The van der Waals surface area contributed by atoms with E-state index in [0.29, 0.717) is 32.4 Å². The maximum absolute atomic E-state index is 13.0. The number of amides is 2. The molecule has 2 aromatic rings. The Hall–Kier alpha value is -2.86. The molecule has 2 amide bonds. The lowest BCUT2D eigenvalue weighted by Gasteiger charge is -2.33. The second-order valence-corrected chi connectivity index (χ2v) is 8.60. The Bertz CT molecular complexity index is 961. The molecule has 31 heavy (non-hydrogen) atoms. The number of hydrogen-bond acceptors (Lipinski definition) is 4. The summed E-state index contributed by atoms with van der Waals surface area (Å²) in [6.07, 6.45) is 3.16. The topological polar surface area (TPSA) is 59.1 Å². The van der Waals surface area contributed by atoms with E-state index in [2.05, 4.69) is 0 Å². The Kier molecular flexibility index (Phi) is 5.18. The van der Waals surface area contributed by atoms with Crippen LogP contribution >= 0.6 is 0 Å². The van der Waals surface area contributed by atoms with Gasteiger partial charge in [-0.2, -0.15) is 0 Å². The minimum Gasteiger partial charge on any atom is -0.497 e. The van der Waals surface area contributed by atoms with Crippen molar-refractivity contribution in [3.8, 4) is 5.75 Å². The summed E-state index contributed by atoms with van der Waals surface area (Å²) >= 11 is 0. The molecule has 5 rings (SSSR count). The molecule has 0 aromatic heterocycles. The van der Waals surface area contributed by atoms with Crippen LogP contribution in [0.25, 0.3) is 0 Å². The molecule has 162 valence electrons. The first-order valence-electron chi connectivity index (χ1n) is 11.1. The second kappa shape index (κ2) is 8.00. The molecule has 0 radical (unpaired) electrons. The van der Waals surface area contributed by atoms with E-state index in [1.165, 1.54) is 5.56 Å². The van der Waals surface area contributed by atoms with Crippen LogP contribution in [0.1, 0.15) is 42.9 Å². The Labute approximate surface area is 182 Å². The minimum atomic E-state index is -0.650. The zero-order valence-electron chi connectivity index (χ0n) is 17.8. The van der Waals surface area contributed by atoms with Gasteiger partial charge in [0.2, 0.25) is 11.8 Å².